The van der Waals surface area contributed by atoms with Gasteiger partial charge < -0.3 is 14.7 Å². The van der Waals surface area contributed by atoms with Gasteiger partial charge in [-0.1, -0.05) is 121 Å². The average Bonchev–Trinajstić information content (AvgIpc) is 3.33. The molecule has 1 heterocycles. The Bertz CT molecular complexity index is 1310. The van der Waals surface area contributed by atoms with Gasteiger partial charge in [-0.05, 0) is 54.4 Å². The Morgan fingerprint density at radius 1 is 0.762 bits per heavy atom. The molecule has 0 aromatic heterocycles. The molecular weight excluding hydrogens is 522 g/mol. The Morgan fingerprint density at radius 2 is 1.26 bits per heavy atom. The van der Waals surface area contributed by atoms with Crippen LogP contribution in [-0.2, 0) is 26.3 Å². The molecule has 1 amide bonds. The van der Waals surface area contributed by atoms with Crippen molar-refractivity contribution < 1.29 is 19.4 Å². The molecule has 2 atom stereocenters. The molecule has 0 unspecified atom stereocenters. The van der Waals surface area contributed by atoms with Gasteiger partial charge in [0.2, 0.25) is 5.91 Å². The molecule has 0 aliphatic carbocycles. The minimum Gasteiger partial charge on any atom is -0.481 e. The van der Waals surface area contributed by atoms with Crippen LogP contribution in [0.2, 0.25) is 0 Å². The smallest absolute Gasteiger partial charge is 0.303 e. The zero-order valence-electron chi connectivity index (χ0n) is 24.0. The predicted octanol–water partition coefficient (Wildman–Crippen LogP) is 7.10. The lowest BCUT2D eigenvalue weighted by Gasteiger charge is -2.38. The lowest BCUT2D eigenvalue weighted by atomic mass is 9.80. The van der Waals surface area contributed by atoms with Crippen LogP contribution in [0.25, 0.3) is 0 Å². The first-order chi connectivity index (χ1) is 20.6. The molecule has 42 heavy (non-hydrogen) atoms. The van der Waals surface area contributed by atoms with E-state index in [2.05, 4.69) is 48.5 Å². The first kappa shape index (κ1) is 29.3. The van der Waals surface area contributed by atoms with Crippen molar-refractivity contribution in [3.05, 3.63) is 144 Å². The number of nitrogens with zero attached hydrogens (tertiary/aromatic N) is 1. The van der Waals surface area contributed by atoms with Crippen LogP contribution in [-0.4, -0.2) is 41.1 Å². The molecule has 1 aliphatic heterocycles. The van der Waals surface area contributed by atoms with Crippen LogP contribution in [0.3, 0.4) is 0 Å². The lowest BCUT2D eigenvalue weighted by molar-refractivity contribution is -0.138. The number of benzene rings is 4. The second-order valence-electron chi connectivity index (χ2n) is 11.1. The Morgan fingerprint density at radius 3 is 1.76 bits per heavy atom. The third kappa shape index (κ3) is 6.80. The summed E-state index contributed by atoms with van der Waals surface area (Å²) in [7, 11) is 0. The fraction of sp³-hybridized carbons (Fsp3) is 0.297. The number of carboxylic acids is 1. The van der Waals surface area contributed by atoms with Gasteiger partial charge >= 0.3 is 5.97 Å². The van der Waals surface area contributed by atoms with Gasteiger partial charge in [0, 0.05) is 18.9 Å². The Labute approximate surface area is 248 Å². The quantitative estimate of drug-likeness (QED) is 0.167. The molecule has 1 N–H and O–H groups in total. The number of hydrogen-bond acceptors (Lipinski definition) is 3. The van der Waals surface area contributed by atoms with Crippen LogP contribution >= 0.6 is 0 Å². The number of aliphatic carboxylic acids is 1. The van der Waals surface area contributed by atoms with Gasteiger partial charge in [-0.2, -0.15) is 0 Å². The van der Waals surface area contributed by atoms with Crippen LogP contribution in [0.5, 0.6) is 0 Å². The summed E-state index contributed by atoms with van der Waals surface area (Å²) >= 11 is 0. The summed E-state index contributed by atoms with van der Waals surface area (Å²) in [5.74, 6) is -0.889. The summed E-state index contributed by atoms with van der Waals surface area (Å²) in [6, 6.07) is 41.1. The van der Waals surface area contributed by atoms with Crippen molar-refractivity contribution in [3.8, 4) is 0 Å². The summed E-state index contributed by atoms with van der Waals surface area (Å²) in [5.41, 5.74) is 3.48. The summed E-state index contributed by atoms with van der Waals surface area (Å²) in [6.45, 7) is 1.01. The number of amides is 1. The molecule has 1 fully saturated rings. The zero-order chi connectivity index (χ0) is 29.2. The second-order valence-corrected chi connectivity index (χ2v) is 11.1. The Balaban J connectivity index is 1.43. The highest BCUT2D eigenvalue weighted by Gasteiger charge is 2.43. The van der Waals surface area contributed by atoms with Crippen molar-refractivity contribution in [2.24, 2.45) is 5.92 Å². The van der Waals surface area contributed by atoms with Crippen LogP contribution in [0.4, 0.5) is 0 Å². The predicted molar refractivity (Wildman–Crippen MR) is 165 cm³/mol. The third-order valence-corrected chi connectivity index (χ3v) is 8.31. The highest BCUT2D eigenvalue weighted by molar-refractivity contribution is 5.81. The first-order valence-corrected chi connectivity index (χ1v) is 14.9. The molecule has 0 saturated carbocycles. The van der Waals surface area contributed by atoms with E-state index in [1.165, 1.54) is 5.56 Å². The molecule has 5 nitrogen and oxygen atoms in total. The van der Waals surface area contributed by atoms with E-state index in [-0.39, 0.29) is 24.3 Å². The molecule has 5 rings (SSSR count). The number of ether oxygens (including phenoxy) is 1. The summed E-state index contributed by atoms with van der Waals surface area (Å²) in [6.07, 6.45) is 3.58. The molecule has 0 spiro atoms. The van der Waals surface area contributed by atoms with Crippen molar-refractivity contribution in [1.82, 2.24) is 4.90 Å². The topological polar surface area (TPSA) is 66.8 Å². The molecule has 0 radical (unpaired) electrons. The average molecular weight is 562 g/mol. The van der Waals surface area contributed by atoms with E-state index >= 15 is 0 Å². The first-order valence-electron chi connectivity index (χ1n) is 14.9. The largest absolute Gasteiger partial charge is 0.481 e. The van der Waals surface area contributed by atoms with E-state index in [0.717, 1.165) is 29.5 Å². The molecule has 0 bridgehead atoms. The normalized spacial score (nSPS) is 17.0. The number of carbonyl (C=O) groups excluding carboxylic acids is 1. The molecule has 4 aromatic carbocycles. The molecule has 4 aromatic rings. The summed E-state index contributed by atoms with van der Waals surface area (Å²) < 4.78 is 7.12. The van der Waals surface area contributed by atoms with Gasteiger partial charge in [0.25, 0.3) is 0 Å². The van der Waals surface area contributed by atoms with Crippen molar-refractivity contribution in [1.29, 1.82) is 0 Å². The molecule has 5 heteroatoms. The Hall–Kier alpha value is -4.22. The van der Waals surface area contributed by atoms with Gasteiger partial charge in [0.15, 0.2) is 0 Å². The minimum absolute atomic E-state index is 0.0814. The van der Waals surface area contributed by atoms with Gasteiger partial charge in [-0.3, -0.25) is 9.59 Å². The molecule has 216 valence electrons. The van der Waals surface area contributed by atoms with Crippen LogP contribution in [0.1, 0.15) is 54.4 Å². The molecule has 1 aliphatic rings. The van der Waals surface area contributed by atoms with Crippen LogP contribution in [0, 0.1) is 5.92 Å². The monoisotopic (exact) mass is 561 g/mol. The summed E-state index contributed by atoms with van der Waals surface area (Å²) in [5, 5.41) is 9.16. The van der Waals surface area contributed by atoms with Crippen molar-refractivity contribution in [2.75, 3.05) is 13.2 Å². The third-order valence-electron chi connectivity index (χ3n) is 8.31. The highest BCUT2D eigenvalue weighted by Crippen LogP contribution is 2.41. The second kappa shape index (κ2) is 14.1. The van der Waals surface area contributed by atoms with E-state index in [9.17, 15) is 9.59 Å². The number of likely N-dealkylation sites (tertiary alicyclic amines) is 1. The maximum absolute atomic E-state index is 13.7. The number of carbonyl (C=O) groups is 2. The SMILES string of the molecule is O=C(O)CCC[C@@H]1C[C@@H](COC(c2ccccc2)(c2ccccc2)c2ccccc2)N(CCCc2ccccc2)C1=O. The lowest BCUT2D eigenvalue weighted by Crippen LogP contribution is -2.41. The van der Waals surface area contributed by atoms with Crippen molar-refractivity contribution in [3.63, 3.8) is 0 Å². The Kier molecular flexibility index (Phi) is 9.83. The van der Waals surface area contributed by atoms with Crippen molar-refractivity contribution >= 4 is 11.9 Å². The van der Waals surface area contributed by atoms with Gasteiger partial charge in [0.05, 0.1) is 12.6 Å². The van der Waals surface area contributed by atoms with Gasteiger partial charge in [-0.25, -0.2) is 0 Å². The number of aryl methyl sites for hydroxylation is 1. The summed E-state index contributed by atoms with van der Waals surface area (Å²) in [4.78, 5) is 26.9. The molecular formula is C37H39NO4. The van der Waals surface area contributed by atoms with E-state index in [0.29, 0.717) is 32.4 Å². The molecule has 1 saturated heterocycles. The van der Waals surface area contributed by atoms with Crippen molar-refractivity contribution in [2.45, 2.75) is 50.2 Å². The van der Waals surface area contributed by atoms with Crippen LogP contribution < -0.4 is 0 Å². The standard InChI is InChI=1S/C37H39NO4/c39-35(40)25-13-18-30-27-34(38(36(30)41)26-14-17-29-15-5-1-6-16-29)28-42-37(31-19-7-2-8-20-31,32-21-9-3-10-22-32)33-23-11-4-12-24-33/h1-12,15-16,19-24,30,34H,13-14,17-18,25-28H2,(H,39,40)/t30-,34+/m1/s1. The number of carboxylic acid groups (broad SMARTS) is 1. The fourth-order valence-electron chi connectivity index (χ4n) is 6.25. The highest BCUT2D eigenvalue weighted by atomic mass is 16.5. The van der Waals surface area contributed by atoms with E-state index in [4.69, 9.17) is 9.84 Å². The zero-order valence-corrected chi connectivity index (χ0v) is 24.0. The van der Waals surface area contributed by atoms with Gasteiger partial charge in [0.1, 0.15) is 5.60 Å². The number of rotatable bonds is 14. The van der Waals surface area contributed by atoms with E-state index in [1.54, 1.807) is 0 Å². The number of hydrogen-bond donors (Lipinski definition) is 1. The minimum atomic E-state index is -0.857. The van der Waals surface area contributed by atoms with Crippen LogP contribution in [0.15, 0.2) is 121 Å². The van der Waals surface area contributed by atoms with Gasteiger partial charge in [-0.15, -0.1) is 0 Å². The maximum atomic E-state index is 13.7. The maximum Gasteiger partial charge on any atom is 0.303 e. The van der Waals surface area contributed by atoms with E-state index in [1.807, 2.05) is 77.7 Å². The van der Waals surface area contributed by atoms with E-state index < -0.39 is 11.6 Å². The fourth-order valence-corrected chi connectivity index (χ4v) is 6.25.